The van der Waals surface area contributed by atoms with E-state index in [0.29, 0.717) is 6.04 Å². The predicted octanol–water partition coefficient (Wildman–Crippen LogP) is 2.71. The number of aryl methyl sites for hydroxylation is 1. The van der Waals surface area contributed by atoms with Gasteiger partial charge < -0.3 is 14.3 Å². The van der Waals surface area contributed by atoms with Crippen LogP contribution in [0.3, 0.4) is 0 Å². The lowest BCUT2D eigenvalue weighted by Gasteiger charge is -2.19. The van der Waals surface area contributed by atoms with E-state index in [1.54, 1.807) is 6.26 Å². The third-order valence-electron chi connectivity index (χ3n) is 3.85. The van der Waals surface area contributed by atoms with E-state index >= 15 is 0 Å². The maximum absolute atomic E-state index is 5.31. The summed E-state index contributed by atoms with van der Waals surface area (Å²) in [7, 11) is 0. The maximum Gasteiger partial charge on any atom is 0.117 e. The van der Waals surface area contributed by atoms with E-state index in [4.69, 9.17) is 4.42 Å². The number of nitrogens with one attached hydrogen (secondary N) is 1. The van der Waals surface area contributed by atoms with Crippen LogP contribution in [0, 0.1) is 0 Å². The van der Waals surface area contributed by atoms with E-state index in [1.165, 1.54) is 30.7 Å². The molecule has 1 aliphatic rings. The molecule has 1 N–H and O–H groups in total. The molecule has 0 saturated carbocycles. The number of aromatic nitrogens is 2. The molecule has 4 heteroatoms. The summed E-state index contributed by atoms with van der Waals surface area (Å²) in [5.74, 6) is 0.986. The van der Waals surface area contributed by atoms with E-state index in [1.807, 2.05) is 18.5 Å². The van der Waals surface area contributed by atoms with Crippen LogP contribution in [0.25, 0.3) is 0 Å². The molecule has 1 aliphatic carbocycles. The average Bonchev–Trinajstić information content (AvgIpc) is 3.07. The van der Waals surface area contributed by atoms with Crippen LogP contribution < -0.4 is 5.32 Å². The van der Waals surface area contributed by atoms with Crippen molar-refractivity contribution in [2.24, 2.45) is 0 Å². The van der Waals surface area contributed by atoms with Crippen LogP contribution in [-0.4, -0.2) is 16.1 Å². The van der Waals surface area contributed by atoms with E-state index in [0.717, 1.165) is 25.3 Å². The second-order valence-corrected chi connectivity index (χ2v) is 5.31. The Morgan fingerprint density at radius 1 is 1.42 bits per heavy atom. The first kappa shape index (κ1) is 12.5. The van der Waals surface area contributed by atoms with Gasteiger partial charge in [0.05, 0.1) is 24.8 Å². The second kappa shape index (κ2) is 5.61. The van der Waals surface area contributed by atoms with Gasteiger partial charge in [-0.25, -0.2) is 4.98 Å². The molecule has 2 aromatic rings. The van der Waals surface area contributed by atoms with Crippen molar-refractivity contribution in [2.75, 3.05) is 6.54 Å². The number of imidazole rings is 1. The molecule has 1 atom stereocenters. The molecule has 1 unspecified atom stereocenters. The molecule has 102 valence electrons. The molecular weight excluding hydrogens is 238 g/mol. The molecule has 0 radical (unpaired) electrons. The van der Waals surface area contributed by atoms with Crippen LogP contribution >= 0.6 is 0 Å². The molecule has 2 heterocycles. The normalized spacial score (nSPS) is 16.3. The van der Waals surface area contributed by atoms with Crippen LogP contribution in [0.4, 0.5) is 0 Å². The van der Waals surface area contributed by atoms with Crippen molar-refractivity contribution < 1.29 is 4.42 Å². The summed E-state index contributed by atoms with van der Waals surface area (Å²) in [5, 5.41) is 3.44. The molecule has 0 aromatic carbocycles. The van der Waals surface area contributed by atoms with E-state index in [9.17, 15) is 0 Å². The van der Waals surface area contributed by atoms with Crippen molar-refractivity contribution in [1.82, 2.24) is 14.9 Å². The third kappa shape index (κ3) is 2.73. The van der Waals surface area contributed by atoms with Gasteiger partial charge in [0.2, 0.25) is 0 Å². The average molecular weight is 259 g/mol. The van der Waals surface area contributed by atoms with Gasteiger partial charge in [-0.1, -0.05) is 0 Å². The summed E-state index contributed by atoms with van der Waals surface area (Å²) >= 11 is 0. The van der Waals surface area contributed by atoms with Crippen molar-refractivity contribution >= 4 is 0 Å². The van der Waals surface area contributed by atoms with Crippen molar-refractivity contribution in [1.29, 1.82) is 0 Å². The Morgan fingerprint density at radius 2 is 2.32 bits per heavy atom. The molecule has 19 heavy (non-hydrogen) atoms. The molecule has 3 rings (SSSR count). The highest BCUT2D eigenvalue weighted by Crippen LogP contribution is 2.22. The third-order valence-corrected chi connectivity index (χ3v) is 3.85. The summed E-state index contributed by atoms with van der Waals surface area (Å²) < 4.78 is 7.65. The van der Waals surface area contributed by atoms with Gasteiger partial charge in [-0.15, -0.1) is 0 Å². The van der Waals surface area contributed by atoms with Gasteiger partial charge in [-0.2, -0.15) is 0 Å². The van der Waals surface area contributed by atoms with Gasteiger partial charge in [-0.05, 0) is 44.7 Å². The number of rotatable bonds is 5. The minimum Gasteiger partial charge on any atom is -0.468 e. The van der Waals surface area contributed by atoms with Gasteiger partial charge in [0.25, 0.3) is 0 Å². The van der Waals surface area contributed by atoms with Crippen LogP contribution in [0.1, 0.15) is 43.0 Å². The topological polar surface area (TPSA) is 43.0 Å². The quantitative estimate of drug-likeness (QED) is 0.897. The van der Waals surface area contributed by atoms with Gasteiger partial charge in [0, 0.05) is 18.3 Å². The highest BCUT2D eigenvalue weighted by atomic mass is 16.3. The lowest BCUT2D eigenvalue weighted by molar-refractivity contribution is 0.439. The summed E-state index contributed by atoms with van der Waals surface area (Å²) in [5.41, 5.74) is 2.75. The minimum absolute atomic E-state index is 0.435. The molecule has 0 bridgehead atoms. The fourth-order valence-electron chi connectivity index (χ4n) is 2.79. The first-order chi connectivity index (χ1) is 9.34. The zero-order chi connectivity index (χ0) is 13.1. The molecule has 4 nitrogen and oxygen atoms in total. The largest absolute Gasteiger partial charge is 0.468 e. The molecule has 0 amide bonds. The van der Waals surface area contributed by atoms with Crippen molar-refractivity contribution in [3.8, 4) is 0 Å². The maximum atomic E-state index is 5.31. The predicted molar refractivity (Wildman–Crippen MR) is 74.0 cm³/mol. The lowest BCUT2D eigenvalue weighted by Crippen LogP contribution is -2.24. The molecule has 0 fully saturated rings. The number of furan rings is 1. The molecular formula is C15H21N3O. The van der Waals surface area contributed by atoms with Crippen molar-refractivity contribution in [2.45, 2.75) is 45.2 Å². The second-order valence-electron chi connectivity index (χ2n) is 5.31. The lowest BCUT2D eigenvalue weighted by atomic mass is 10.0. The number of hydrogen-bond acceptors (Lipinski definition) is 3. The molecule has 0 saturated heterocycles. The SMILES string of the molecule is CC(CNCc1ccco1)n1cnc2c1CCCC2. The highest BCUT2D eigenvalue weighted by Gasteiger charge is 2.17. The van der Waals surface area contributed by atoms with Crippen LogP contribution in [0.2, 0.25) is 0 Å². The van der Waals surface area contributed by atoms with Crippen LogP contribution in [-0.2, 0) is 19.4 Å². The van der Waals surface area contributed by atoms with Crippen LogP contribution in [0.15, 0.2) is 29.1 Å². The smallest absolute Gasteiger partial charge is 0.117 e. The van der Waals surface area contributed by atoms with Gasteiger partial charge in [0.15, 0.2) is 0 Å². The Labute approximate surface area is 113 Å². The van der Waals surface area contributed by atoms with E-state index < -0.39 is 0 Å². The monoisotopic (exact) mass is 259 g/mol. The summed E-state index contributed by atoms with van der Waals surface area (Å²) in [6.07, 6.45) is 8.63. The van der Waals surface area contributed by atoms with Crippen molar-refractivity contribution in [3.05, 3.63) is 41.9 Å². The fraction of sp³-hybridized carbons (Fsp3) is 0.533. The summed E-state index contributed by atoms with van der Waals surface area (Å²) in [6.45, 7) is 3.96. The number of nitrogens with zero attached hydrogens (tertiary/aromatic N) is 2. The Bertz CT molecular complexity index is 515. The fourth-order valence-corrected chi connectivity index (χ4v) is 2.79. The van der Waals surface area contributed by atoms with Gasteiger partial charge in [-0.3, -0.25) is 0 Å². The van der Waals surface area contributed by atoms with E-state index in [-0.39, 0.29) is 0 Å². The first-order valence-corrected chi connectivity index (χ1v) is 7.12. The summed E-state index contributed by atoms with van der Waals surface area (Å²) in [6, 6.07) is 4.35. The molecule has 0 spiro atoms. The first-order valence-electron chi connectivity index (χ1n) is 7.12. The zero-order valence-corrected chi connectivity index (χ0v) is 11.4. The minimum atomic E-state index is 0.435. The van der Waals surface area contributed by atoms with Crippen molar-refractivity contribution in [3.63, 3.8) is 0 Å². The highest BCUT2D eigenvalue weighted by molar-refractivity contribution is 5.17. The Morgan fingerprint density at radius 3 is 3.16 bits per heavy atom. The standard InChI is InChI=1S/C15H21N3O/c1-12(9-16-10-13-5-4-8-19-13)18-11-17-14-6-2-3-7-15(14)18/h4-5,8,11-12,16H,2-3,6-7,9-10H2,1H3. The number of hydrogen-bond donors (Lipinski definition) is 1. The van der Waals surface area contributed by atoms with Gasteiger partial charge >= 0.3 is 0 Å². The zero-order valence-electron chi connectivity index (χ0n) is 11.4. The Hall–Kier alpha value is -1.55. The molecule has 2 aromatic heterocycles. The summed E-state index contributed by atoms with van der Waals surface area (Å²) in [4.78, 5) is 4.55. The number of fused-ring (bicyclic) bond motifs is 1. The van der Waals surface area contributed by atoms with Gasteiger partial charge in [0.1, 0.15) is 5.76 Å². The van der Waals surface area contributed by atoms with E-state index in [2.05, 4.69) is 21.8 Å². The Balaban J connectivity index is 1.58. The molecule has 0 aliphatic heterocycles. The Kier molecular flexibility index (Phi) is 3.69. The van der Waals surface area contributed by atoms with Crippen LogP contribution in [0.5, 0.6) is 0 Å².